The molecule has 1 aliphatic rings. The molecule has 0 bridgehead atoms. The molecular formula is C16H20N2O3S. The molecular weight excluding hydrogens is 300 g/mol. The van der Waals surface area contributed by atoms with Crippen molar-refractivity contribution in [2.45, 2.75) is 20.8 Å². The molecule has 22 heavy (non-hydrogen) atoms. The molecule has 0 spiro atoms. The fraction of sp³-hybridized carbons (Fsp3) is 0.375. The zero-order valence-corrected chi connectivity index (χ0v) is 13.8. The van der Waals surface area contributed by atoms with Crippen LogP contribution >= 0.6 is 12.2 Å². The fourth-order valence-electron chi connectivity index (χ4n) is 1.91. The summed E-state index contributed by atoms with van der Waals surface area (Å²) in [7, 11) is 0. The molecule has 6 heteroatoms. The van der Waals surface area contributed by atoms with E-state index in [9.17, 15) is 4.79 Å². The van der Waals surface area contributed by atoms with E-state index in [0.29, 0.717) is 41.4 Å². The van der Waals surface area contributed by atoms with Crippen LogP contribution in [0.25, 0.3) is 6.08 Å². The van der Waals surface area contributed by atoms with Gasteiger partial charge in [0.2, 0.25) is 0 Å². The number of rotatable bonds is 6. The lowest BCUT2D eigenvalue weighted by atomic mass is 10.1. The van der Waals surface area contributed by atoms with Crippen LogP contribution in [0.4, 0.5) is 0 Å². The first kappa shape index (κ1) is 16.3. The van der Waals surface area contributed by atoms with Crippen molar-refractivity contribution in [1.82, 2.24) is 10.6 Å². The first-order valence-electron chi connectivity index (χ1n) is 7.23. The van der Waals surface area contributed by atoms with Gasteiger partial charge in [0.05, 0.1) is 13.2 Å². The van der Waals surface area contributed by atoms with Crippen molar-refractivity contribution in [2.75, 3.05) is 13.2 Å². The summed E-state index contributed by atoms with van der Waals surface area (Å²) in [5, 5.41) is 5.66. The number of ether oxygens (including phenoxy) is 2. The number of benzene rings is 1. The molecule has 5 nitrogen and oxygen atoms in total. The third kappa shape index (κ3) is 4.21. The maximum Gasteiger partial charge on any atom is 0.273 e. The fourth-order valence-corrected chi connectivity index (χ4v) is 2.11. The molecule has 2 N–H and O–H groups in total. The zero-order valence-electron chi connectivity index (χ0n) is 12.9. The molecule has 0 atom stereocenters. The first-order chi connectivity index (χ1) is 10.5. The second-order valence-electron chi connectivity index (χ2n) is 5.31. The summed E-state index contributed by atoms with van der Waals surface area (Å²) in [5.41, 5.74) is 1.26. The van der Waals surface area contributed by atoms with E-state index in [2.05, 4.69) is 24.5 Å². The van der Waals surface area contributed by atoms with Crippen LogP contribution in [0.3, 0.4) is 0 Å². The molecule has 0 radical (unpaired) electrons. The van der Waals surface area contributed by atoms with E-state index in [0.717, 1.165) is 5.56 Å². The minimum Gasteiger partial charge on any atom is -0.490 e. The Labute approximate surface area is 135 Å². The maximum atomic E-state index is 11.7. The molecule has 1 aromatic rings. The molecule has 0 saturated carbocycles. The molecule has 1 amide bonds. The summed E-state index contributed by atoms with van der Waals surface area (Å²) in [6.45, 7) is 7.26. The van der Waals surface area contributed by atoms with Gasteiger partial charge in [-0.1, -0.05) is 19.9 Å². The Morgan fingerprint density at radius 3 is 2.59 bits per heavy atom. The summed E-state index contributed by atoms with van der Waals surface area (Å²) in [6, 6.07) is 5.58. The molecule has 2 rings (SSSR count). The van der Waals surface area contributed by atoms with E-state index in [-0.39, 0.29) is 5.91 Å². The Balaban J connectivity index is 2.23. The zero-order chi connectivity index (χ0) is 16.1. The van der Waals surface area contributed by atoms with Gasteiger partial charge >= 0.3 is 0 Å². The maximum absolute atomic E-state index is 11.7. The van der Waals surface area contributed by atoms with Crippen molar-refractivity contribution < 1.29 is 14.3 Å². The largest absolute Gasteiger partial charge is 0.490 e. The number of amides is 1. The minimum absolute atomic E-state index is 0.233. The van der Waals surface area contributed by atoms with Gasteiger partial charge in [0.1, 0.15) is 5.70 Å². The molecule has 0 aromatic heterocycles. The van der Waals surface area contributed by atoms with Gasteiger partial charge in [0.25, 0.3) is 5.91 Å². The Morgan fingerprint density at radius 2 is 2.00 bits per heavy atom. The summed E-state index contributed by atoms with van der Waals surface area (Å²) >= 11 is 4.91. The number of carbonyl (C=O) groups is 1. The van der Waals surface area contributed by atoms with E-state index in [1.165, 1.54) is 0 Å². The Morgan fingerprint density at radius 1 is 1.23 bits per heavy atom. The van der Waals surface area contributed by atoms with Crippen molar-refractivity contribution >= 4 is 29.3 Å². The predicted molar refractivity (Wildman–Crippen MR) is 89.8 cm³/mol. The lowest BCUT2D eigenvalue weighted by molar-refractivity contribution is -0.115. The van der Waals surface area contributed by atoms with Crippen molar-refractivity contribution in [1.29, 1.82) is 0 Å². The summed E-state index contributed by atoms with van der Waals surface area (Å²) in [5.74, 6) is 1.57. The SMILES string of the molecule is CCOc1cc(/C=C2/NC(=S)NC2=O)ccc1OCC(C)C. The summed E-state index contributed by atoms with van der Waals surface area (Å²) < 4.78 is 11.4. The van der Waals surface area contributed by atoms with Crippen molar-refractivity contribution in [2.24, 2.45) is 5.92 Å². The van der Waals surface area contributed by atoms with Gasteiger partial charge in [-0.05, 0) is 48.8 Å². The molecule has 1 fully saturated rings. The van der Waals surface area contributed by atoms with Crippen LogP contribution in [0.2, 0.25) is 0 Å². The Hall–Kier alpha value is -2.08. The van der Waals surface area contributed by atoms with Crippen LogP contribution in [0.1, 0.15) is 26.3 Å². The van der Waals surface area contributed by atoms with Crippen LogP contribution in [0.5, 0.6) is 11.5 Å². The van der Waals surface area contributed by atoms with E-state index in [1.807, 2.05) is 25.1 Å². The predicted octanol–water partition coefficient (Wildman–Crippen LogP) is 2.47. The number of hydrogen-bond acceptors (Lipinski definition) is 4. The lowest BCUT2D eigenvalue weighted by Crippen LogP contribution is -2.21. The highest BCUT2D eigenvalue weighted by Gasteiger charge is 2.20. The molecule has 0 aliphatic carbocycles. The van der Waals surface area contributed by atoms with Crippen LogP contribution in [-0.4, -0.2) is 24.2 Å². The average molecular weight is 320 g/mol. The smallest absolute Gasteiger partial charge is 0.273 e. The van der Waals surface area contributed by atoms with Gasteiger partial charge in [-0.25, -0.2) is 0 Å². The van der Waals surface area contributed by atoms with Gasteiger partial charge < -0.3 is 14.8 Å². The van der Waals surface area contributed by atoms with E-state index >= 15 is 0 Å². The van der Waals surface area contributed by atoms with E-state index in [1.54, 1.807) is 6.08 Å². The first-order valence-corrected chi connectivity index (χ1v) is 7.64. The highest BCUT2D eigenvalue weighted by atomic mass is 32.1. The molecule has 1 heterocycles. The van der Waals surface area contributed by atoms with Crippen molar-refractivity contribution in [3.05, 3.63) is 29.5 Å². The molecule has 1 aromatic carbocycles. The standard InChI is InChI=1S/C16H20N2O3S/c1-4-20-14-8-11(5-6-13(14)21-9-10(2)3)7-12-15(19)18-16(22)17-12/h5-8,10H,4,9H2,1-3H3,(H2,17,18,19,22)/b12-7+. The minimum atomic E-state index is -0.233. The molecule has 1 saturated heterocycles. The van der Waals surface area contributed by atoms with Crippen molar-refractivity contribution in [3.8, 4) is 11.5 Å². The lowest BCUT2D eigenvalue weighted by Gasteiger charge is -2.14. The van der Waals surface area contributed by atoms with E-state index in [4.69, 9.17) is 21.7 Å². The van der Waals surface area contributed by atoms with Crippen LogP contribution in [0.15, 0.2) is 23.9 Å². The second kappa shape index (κ2) is 7.26. The monoisotopic (exact) mass is 320 g/mol. The van der Waals surface area contributed by atoms with Gasteiger partial charge in [0, 0.05) is 0 Å². The normalized spacial score (nSPS) is 15.9. The van der Waals surface area contributed by atoms with Crippen molar-refractivity contribution in [3.63, 3.8) is 0 Å². The average Bonchev–Trinajstić information content (AvgIpc) is 2.76. The Bertz CT molecular complexity index is 611. The van der Waals surface area contributed by atoms with Crippen LogP contribution in [-0.2, 0) is 4.79 Å². The highest BCUT2D eigenvalue weighted by Crippen LogP contribution is 2.29. The number of carbonyl (C=O) groups excluding carboxylic acids is 1. The summed E-state index contributed by atoms with van der Waals surface area (Å²) in [6.07, 6.45) is 1.73. The molecule has 1 aliphatic heterocycles. The summed E-state index contributed by atoms with van der Waals surface area (Å²) in [4.78, 5) is 11.7. The topological polar surface area (TPSA) is 59.6 Å². The van der Waals surface area contributed by atoms with Crippen LogP contribution in [0, 0.1) is 5.92 Å². The Kier molecular flexibility index (Phi) is 5.38. The van der Waals surface area contributed by atoms with Gasteiger partial charge in [-0.15, -0.1) is 0 Å². The highest BCUT2D eigenvalue weighted by molar-refractivity contribution is 7.80. The quantitative estimate of drug-likeness (QED) is 0.623. The van der Waals surface area contributed by atoms with E-state index < -0.39 is 0 Å². The third-order valence-electron chi connectivity index (χ3n) is 2.87. The third-order valence-corrected chi connectivity index (χ3v) is 3.07. The van der Waals surface area contributed by atoms with Gasteiger partial charge in [0.15, 0.2) is 16.6 Å². The van der Waals surface area contributed by atoms with Crippen LogP contribution < -0.4 is 20.1 Å². The van der Waals surface area contributed by atoms with Gasteiger partial charge in [-0.2, -0.15) is 0 Å². The number of nitrogens with one attached hydrogen (secondary N) is 2. The molecule has 118 valence electrons. The number of hydrogen-bond donors (Lipinski definition) is 2. The molecule has 0 unspecified atom stereocenters. The van der Waals surface area contributed by atoms with Gasteiger partial charge in [-0.3, -0.25) is 10.1 Å². The second-order valence-corrected chi connectivity index (χ2v) is 5.72. The number of thiocarbonyl (C=S) groups is 1.